The van der Waals surface area contributed by atoms with Gasteiger partial charge in [0.2, 0.25) is 0 Å². The number of nitrogens with one attached hydrogen (secondary N) is 1. The number of nitrogens with zero attached hydrogens (tertiary/aromatic N) is 2. The Hall–Kier alpha value is -3.02. The zero-order valence-corrected chi connectivity index (χ0v) is 17.7. The van der Waals surface area contributed by atoms with Crippen LogP contribution in [-0.2, 0) is 6.54 Å². The number of hydrogen-bond acceptors (Lipinski definition) is 4. The molecule has 0 unspecified atom stereocenters. The minimum atomic E-state index is -0.139. The van der Waals surface area contributed by atoms with E-state index in [1.54, 1.807) is 13.2 Å². The summed E-state index contributed by atoms with van der Waals surface area (Å²) in [4.78, 5) is 30.2. The molecular formula is C24H29N3O3. The highest BCUT2D eigenvalue weighted by atomic mass is 16.5. The van der Waals surface area contributed by atoms with Crippen LogP contribution in [0.3, 0.4) is 0 Å². The van der Waals surface area contributed by atoms with E-state index in [0.29, 0.717) is 17.7 Å². The first-order valence-corrected chi connectivity index (χ1v) is 10.7. The van der Waals surface area contributed by atoms with Crippen molar-refractivity contribution < 1.29 is 14.3 Å². The minimum Gasteiger partial charge on any atom is -0.497 e. The molecule has 2 heterocycles. The van der Waals surface area contributed by atoms with Crippen molar-refractivity contribution in [3.8, 4) is 5.75 Å². The molecule has 1 fully saturated rings. The molecule has 2 aromatic carbocycles. The quantitative estimate of drug-likeness (QED) is 0.819. The minimum absolute atomic E-state index is 0.0896. The van der Waals surface area contributed by atoms with E-state index in [0.717, 1.165) is 55.8 Å². The molecule has 2 aliphatic heterocycles. The van der Waals surface area contributed by atoms with E-state index in [4.69, 9.17) is 4.74 Å². The highest BCUT2D eigenvalue weighted by Crippen LogP contribution is 2.35. The second kappa shape index (κ2) is 8.78. The van der Waals surface area contributed by atoms with Crippen molar-refractivity contribution in [3.63, 3.8) is 0 Å². The van der Waals surface area contributed by atoms with E-state index >= 15 is 0 Å². The monoisotopic (exact) mass is 407 g/mol. The Bertz CT molecular complexity index is 926. The SMILES string of the molecule is CCN1c2cc(C(=O)NCc3ccc(OC)cc3)ccc2C(=O)N2CCCCC[C@@H]21. The maximum Gasteiger partial charge on any atom is 0.257 e. The van der Waals surface area contributed by atoms with Crippen LogP contribution >= 0.6 is 0 Å². The van der Waals surface area contributed by atoms with Gasteiger partial charge in [-0.25, -0.2) is 0 Å². The van der Waals surface area contributed by atoms with Crippen molar-refractivity contribution in [3.05, 3.63) is 59.2 Å². The molecule has 2 amide bonds. The Balaban J connectivity index is 1.54. The van der Waals surface area contributed by atoms with Crippen molar-refractivity contribution in [1.29, 1.82) is 0 Å². The lowest BCUT2D eigenvalue weighted by Crippen LogP contribution is -2.55. The second-order valence-corrected chi connectivity index (χ2v) is 7.88. The normalized spacial score (nSPS) is 18.3. The van der Waals surface area contributed by atoms with Crippen LogP contribution in [0.25, 0.3) is 0 Å². The third-order valence-corrected chi connectivity index (χ3v) is 6.09. The van der Waals surface area contributed by atoms with Crippen LogP contribution in [0.5, 0.6) is 5.75 Å². The van der Waals surface area contributed by atoms with Crippen LogP contribution in [0.15, 0.2) is 42.5 Å². The summed E-state index contributed by atoms with van der Waals surface area (Å²) in [7, 11) is 1.63. The third-order valence-electron chi connectivity index (χ3n) is 6.09. The van der Waals surface area contributed by atoms with Gasteiger partial charge in [0.15, 0.2) is 0 Å². The summed E-state index contributed by atoms with van der Waals surface area (Å²) >= 11 is 0. The summed E-state index contributed by atoms with van der Waals surface area (Å²) in [6.07, 6.45) is 4.42. The van der Waals surface area contributed by atoms with Gasteiger partial charge in [0.25, 0.3) is 11.8 Å². The molecule has 30 heavy (non-hydrogen) atoms. The molecule has 0 aliphatic carbocycles. The van der Waals surface area contributed by atoms with Gasteiger partial charge in [-0.3, -0.25) is 9.59 Å². The Morgan fingerprint density at radius 2 is 1.93 bits per heavy atom. The van der Waals surface area contributed by atoms with Crippen molar-refractivity contribution in [1.82, 2.24) is 10.2 Å². The van der Waals surface area contributed by atoms with E-state index in [-0.39, 0.29) is 18.0 Å². The summed E-state index contributed by atoms with van der Waals surface area (Å²) in [6, 6.07) is 13.1. The van der Waals surface area contributed by atoms with Gasteiger partial charge in [0.05, 0.1) is 18.4 Å². The van der Waals surface area contributed by atoms with Gasteiger partial charge < -0.3 is 19.9 Å². The average molecular weight is 408 g/mol. The van der Waals surface area contributed by atoms with Crippen molar-refractivity contribution >= 4 is 17.5 Å². The van der Waals surface area contributed by atoms with Gasteiger partial charge in [-0.15, -0.1) is 0 Å². The molecular weight excluding hydrogens is 378 g/mol. The maximum absolute atomic E-state index is 13.1. The Morgan fingerprint density at radius 1 is 1.13 bits per heavy atom. The largest absolute Gasteiger partial charge is 0.497 e. The summed E-state index contributed by atoms with van der Waals surface area (Å²) < 4.78 is 5.17. The van der Waals surface area contributed by atoms with Crippen molar-refractivity contribution in [2.75, 3.05) is 25.1 Å². The van der Waals surface area contributed by atoms with Gasteiger partial charge in [0, 0.05) is 25.2 Å². The van der Waals surface area contributed by atoms with Gasteiger partial charge in [-0.2, -0.15) is 0 Å². The first-order chi connectivity index (χ1) is 14.6. The molecule has 0 bridgehead atoms. The fraction of sp³-hybridized carbons (Fsp3) is 0.417. The van der Waals surface area contributed by atoms with E-state index in [1.165, 1.54) is 0 Å². The summed E-state index contributed by atoms with van der Waals surface area (Å²) in [5.41, 5.74) is 3.15. The fourth-order valence-electron chi connectivity index (χ4n) is 4.47. The Kier molecular flexibility index (Phi) is 5.93. The molecule has 2 aliphatic rings. The van der Waals surface area contributed by atoms with Crippen LogP contribution in [0.2, 0.25) is 0 Å². The fourth-order valence-corrected chi connectivity index (χ4v) is 4.47. The molecule has 4 rings (SSSR count). The topological polar surface area (TPSA) is 61.9 Å². The predicted octanol–water partition coefficient (Wildman–Crippen LogP) is 3.81. The lowest BCUT2D eigenvalue weighted by Gasteiger charge is -2.44. The summed E-state index contributed by atoms with van der Waals surface area (Å²) in [6.45, 7) is 4.16. The number of anilines is 1. The number of methoxy groups -OCH3 is 1. The number of carbonyl (C=O) groups excluding carboxylic acids is 2. The van der Waals surface area contributed by atoms with E-state index < -0.39 is 0 Å². The highest BCUT2D eigenvalue weighted by Gasteiger charge is 2.37. The van der Waals surface area contributed by atoms with Crippen molar-refractivity contribution in [2.45, 2.75) is 45.3 Å². The number of benzene rings is 2. The number of ether oxygens (including phenoxy) is 1. The number of amides is 2. The van der Waals surface area contributed by atoms with Crippen LogP contribution < -0.4 is 15.0 Å². The number of hydrogen-bond donors (Lipinski definition) is 1. The predicted molar refractivity (Wildman–Crippen MR) is 117 cm³/mol. The number of rotatable bonds is 5. The Morgan fingerprint density at radius 3 is 2.67 bits per heavy atom. The maximum atomic E-state index is 13.1. The molecule has 0 radical (unpaired) electrons. The zero-order chi connectivity index (χ0) is 21.1. The van der Waals surface area contributed by atoms with Crippen LogP contribution in [0.1, 0.15) is 58.9 Å². The molecule has 0 aromatic heterocycles. The third kappa shape index (κ3) is 3.86. The Labute approximate surface area is 177 Å². The van der Waals surface area contributed by atoms with Crippen LogP contribution in [0, 0.1) is 0 Å². The number of carbonyl (C=O) groups is 2. The molecule has 158 valence electrons. The van der Waals surface area contributed by atoms with Gasteiger partial charge >= 0.3 is 0 Å². The van der Waals surface area contributed by atoms with Gasteiger partial charge in [-0.1, -0.05) is 18.6 Å². The molecule has 1 atom stereocenters. The first kappa shape index (κ1) is 20.3. The van der Waals surface area contributed by atoms with E-state index in [9.17, 15) is 9.59 Å². The number of fused-ring (bicyclic) bond motifs is 2. The molecule has 0 spiro atoms. The van der Waals surface area contributed by atoms with Crippen molar-refractivity contribution in [2.24, 2.45) is 0 Å². The van der Waals surface area contributed by atoms with Crippen LogP contribution in [0.4, 0.5) is 5.69 Å². The summed E-state index contributed by atoms with van der Waals surface area (Å²) in [5, 5.41) is 2.98. The standard InChI is InChI=1S/C24H29N3O3/c1-3-26-21-15-18(23(28)25-16-17-8-11-19(30-2)12-9-17)10-13-20(21)24(29)27-14-6-4-5-7-22(26)27/h8-13,15,22H,3-7,14,16H2,1-2H3,(H,25,28)/t22-/m1/s1. The van der Waals surface area contributed by atoms with Gasteiger partial charge in [0.1, 0.15) is 11.9 Å². The highest BCUT2D eigenvalue weighted by molar-refractivity contribution is 6.04. The van der Waals surface area contributed by atoms with Gasteiger partial charge in [-0.05, 0) is 62.1 Å². The van der Waals surface area contributed by atoms with E-state index in [2.05, 4.69) is 17.1 Å². The zero-order valence-electron chi connectivity index (χ0n) is 17.7. The molecule has 0 saturated carbocycles. The second-order valence-electron chi connectivity index (χ2n) is 7.88. The lowest BCUT2D eigenvalue weighted by atomic mass is 10.0. The van der Waals surface area contributed by atoms with E-state index in [1.807, 2.05) is 41.3 Å². The first-order valence-electron chi connectivity index (χ1n) is 10.7. The molecule has 1 saturated heterocycles. The molecule has 2 aromatic rings. The summed E-state index contributed by atoms with van der Waals surface area (Å²) in [5.74, 6) is 0.740. The lowest BCUT2D eigenvalue weighted by molar-refractivity contribution is 0.0656. The van der Waals surface area contributed by atoms with Crippen LogP contribution in [-0.4, -0.2) is 43.1 Å². The average Bonchev–Trinajstić information content (AvgIpc) is 3.04. The smallest absolute Gasteiger partial charge is 0.257 e. The molecule has 1 N–H and O–H groups in total. The molecule has 6 heteroatoms. The molecule has 6 nitrogen and oxygen atoms in total.